The molecule has 1 fully saturated rings. The van der Waals surface area contributed by atoms with Crippen LogP contribution in [0.15, 0.2) is 72.8 Å². The van der Waals surface area contributed by atoms with Gasteiger partial charge in [0, 0.05) is 35.5 Å². The van der Waals surface area contributed by atoms with Gasteiger partial charge < -0.3 is 9.47 Å². The number of hydrogen-bond acceptors (Lipinski definition) is 2. The highest BCUT2D eigenvalue weighted by Gasteiger charge is 2.34. The summed E-state index contributed by atoms with van der Waals surface area (Å²) < 4.78 is 2.19. The number of hydrogen-bond donors (Lipinski definition) is 0. The molecule has 0 bridgehead atoms. The third-order valence-electron chi connectivity index (χ3n) is 5.82. The molecule has 1 atom stereocenters. The number of benzene rings is 3. The Labute approximate surface area is 191 Å². The van der Waals surface area contributed by atoms with Crippen LogP contribution >= 0.6 is 23.2 Å². The molecule has 1 aromatic heterocycles. The van der Waals surface area contributed by atoms with E-state index in [0.29, 0.717) is 36.1 Å². The molecule has 1 saturated heterocycles. The number of likely N-dealkylation sites (tertiary alicyclic amines) is 1. The predicted octanol–water partition coefficient (Wildman–Crippen LogP) is 5.91. The molecule has 31 heavy (non-hydrogen) atoms. The molecule has 1 aliphatic heterocycles. The molecule has 1 unspecified atom stereocenters. The number of halogens is 2. The molecular formula is C25H21Cl2N3O. The fourth-order valence-corrected chi connectivity index (χ4v) is 4.76. The molecule has 2 heterocycles. The van der Waals surface area contributed by atoms with Crippen LogP contribution in [0, 0.1) is 0 Å². The number of carbonyl (C=O) groups is 1. The van der Waals surface area contributed by atoms with Gasteiger partial charge in [-0.25, -0.2) is 4.98 Å². The maximum Gasteiger partial charge on any atom is 0.223 e. The number of para-hydroxylation sites is 2. The molecule has 1 aliphatic rings. The van der Waals surface area contributed by atoms with E-state index in [9.17, 15) is 4.79 Å². The summed E-state index contributed by atoms with van der Waals surface area (Å²) in [4.78, 5) is 19.7. The molecule has 0 spiro atoms. The van der Waals surface area contributed by atoms with Crippen molar-refractivity contribution in [2.24, 2.45) is 0 Å². The van der Waals surface area contributed by atoms with Crippen LogP contribution < -0.4 is 0 Å². The summed E-state index contributed by atoms with van der Waals surface area (Å²) in [5.41, 5.74) is 4.08. The van der Waals surface area contributed by atoms with Gasteiger partial charge in [0.1, 0.15) is 5.82 Å². The summed E-state index contributed by atoms with van der Waals surface area (Å²) in [6, 6.07) is 23.7. The van der Waals surface area contributed by atoms with Crippen molar-refractivity contribution in [2.75, 3.05) is 6.54 Å². The number of amides is 1. The van der Waals surface area contributed by atoms with Crippen LogP contribution in [0.25, 0.3) is 11.0 Å². The van der Waals surface area contributed by atoms with Crippen molar-refractivity contribution in [1.29, 1.82) is 0 Å². The highest BCUT2D eigenvalue weighted by atomic mass is 35.5. The monoisotopic (exact) mass is 449 g/mol. The number of carbonyl (C=O) groups excluding carboxylic acids is 1. The van der Waals surface area contributed by atoms with E-state index in [0.717, 1.165) is 28.0 Å². The Balaban J connectivity index is 1.48. The molecule has 1 amide bonds. The van der Waals surface area contributed by atoms with E-state index in [2.05, 4.69) is 22.8 Å². The first-order valence-corrected chi connectivity index (χ1v) is 11.0. The van der Waals surface area contributed by atoms with Gasteiger partial charge in [-0.3, -0.25) is 4.79 Å². The smallest absolute Gasteiger partial charge is 0.223 e. The average molecular weight is 450 g/mol. The van der Waals surface area contributed by atoms with Crippen LogP contribution in [0.2, 0.25) is 10.0 Å². The van der Waals surface area contributed by atoms with Gasteiger partial charge >= 0.3 is 0 Å². The van der Waals surface area contributed by atoms with E-state index >= 15 is 0 Å². The second-order valence-electron chi connectivity index (χ2n) is 7.94. The minimum Gasteiger partial charge on any atom is -0.338 e. The Hall–Kier alpha value is -2.82. The minimum atomic E-state index is 0.0367. The zero-order valence-electron chi connectivity index (χ0n) is 16.8. The van der Waals surface area contributed by atoms with E-state index in [4.69, 9.17) is 28.2 Å². The van der Waals surface area contributed by atoms with Gasteiger partial charge in [-0.2, -0.15) is 0 Å². The number of nitrogens with zero attached hydrogens (tertiary/aromatic N) is 3. The molecule has 0 N–H and O–H groups in total. The summed E-state index contributed by atoms with van der Waals surface area (Å²) in [5.74, 6) is 1.13. The molecule has 156 valence electrons. The van der Waals surface area contributed by atoms with E-state index < -0.39 is 0 Å². The largest absolute Gasteiger partial charge is 0.338 e. The fourth-order valence-electron chi connectivity index (χ4n) is 4.29. The lowest BCUT2D eigenvalue weighted by Crippen LogP contribution is -2.24. The van der Waals surface area contributed by atoms with Gasteiger partial charge in [-0.15, -0.1) is 0 Å². The first-order chi connectivity index (χ1) is 15.1. The van der Waals surface area contributed by atoms with Gasteiger partial charge in [0.15, 0.2) is 0 Å². The Morgan fingerprint density at radius 3 is 2.52 bits per heavy atom. The molecule has 6 heteroatoms. The topological polar surface area (TPSA) is 38.1 Å². The average Bonchev–Trinajstić information content (AvgIpc) is 3.31. The molecule has 5 rings (SSSR count). The third kappa shape index (κ3) is 4.06. The van der Waals surface area contributed by atoms with Crippen molar-refractivity contribution in [3.8, 4) is 0 Å². The molecule has 0 saturated carbocycles. The lowest BCUT2D eigenvalue weighted by Gasteiger charge is -2.18. The zero-order valence-corrected chi connectivity index (χ0v) is 18.4. The van der Waals surface area contributed by atoms with Crippen LogP contribution in [0.1, 0.15) is 29.3 Å². The highest BCUT2D eigenvalue weighted by Crippen LogP contribution is 2.32. The van der Waals surface area contributed by atoms with Crippen molar-refractivity contribution in [2.45, 2.75) is 25.4 Å². The molecule has 4 aromatic rings. The Morgan fingerprint density at radius 2 is 1.71 bits per heavy atom. The summed E-state index contributed by atoms with van der Waals surface area (Å²) in [5, 5.41) is 1.24. The van der Waals surface area contributed by atoms with Crippen molar-refractivity contribution in [3.05, 3.63) is 99.8 Å². The highest BCUT2D eigenvalue weighted by molar-refractivity contribution is 6.35. The molecule has 3 aromatic carbocycles. The molecular weight excluding hydrogens is 429 g/mol. The van der Waals surface area contributed by atoms with Gasteiger partial charge in [0.2, 0.25) is 5.91 Å². The normalized spacial score (nSPS) is 16.4. The summed E-state index contributed by atoms with van der Waals surface area (Å²) >= 11 is 12.5. The molecule has 4 nitrogen and oxygen atoms in total. The van der Waals surface area contributed by atoms with Crippen LogP contribution in [0.3, 0.4) is 0 Å². The van der Waals surface area contributed by atoms with Gasteiger partial charge in [0.25, 0.3) is 0 Å². The number of rotatable bonds is 5. The van der Waals surface area contributed by atoms with Crippen molar-refractivity contribution in [3.63, 3.8) is 0 Å². The summed E-state index contributed by atoms with van der Waals surface area (Å²) in [6.07, 6.45) is 0.463. The standard InChI is InChI=1S/C25H21Cl2N3O/c26-20-11-10-18(21(27)13-20)16-30-23-9-5-4-8-22(23)28-25(30)19-12-24(31)29(15-19)14-17-6-2-1-3-7-17/h1-11,13,19H,12,14-16H2. The number of fused-ring (bicyclic) bond motifs is 1. The van der Waals surface area contributed by atoms with E-state index in [1.54, 1.807) is 6.07 Å². The van der Waals surface area contributed by atoms with Crippen molar-refractivity contribution >= 4 is 40.1 Å². The van der Waals surface area contributed by atoms with Crippen molar-refractivity contribution in [1.82, 2.24) is 14.5 Å². The minimum absolute atomic E-state index is 0.0367. The lowest BCUT2D eigenvalue weighted by molar-refractivity contribution is -0.128. The number of imidazole rings is 1. The Kier molecular flexibility index (Phi) is 5.43. The fraction of sp³-hybridized carbons (Fsp3) is 0.200. The lowest BCUT2D eigenvalue weighted by atomic mass is 10.1. The predicted molar refractivity (Wildman–Crippen MR) is 125 cm³/mol. The zero-order chi connectivity index (χ0) is 21.4. The van der Waals surface area contributed by atoms with Gasteiger partial charge in [0.05, 0.1) is 17.6 Å². The van der Waals surface area contributed by atoms with E-state index in [-0.39, 0.29) is 11.8 Å². The van der Waals surface area contributed by atoms with Crippen LogP contribution in [0.5, 0.6) is 0 Å². The van der Waals surface area contributed by atoms with Crippen molar-refractivity contribution < 1.29 is 4.79 Å². The van der Waals surface area contributed by atoms with Gasteiger partial charge in [-0.1, -0.05) is 71.7 Å². The second kappa shape index (κ2) is 8.37. The maximum absolute atomic E-state index is 12.8. The van der Waals surface area contributed by atoms with Crippen LogP contribution in [-0.2, 0) is 17.9 Å². The quantitative estimate of drug-likeness (QED) is 0.379. The van der Waals surface area contributed by atoms with E-state index in [1.807, 2.05) is 53.4 Å². The van der Waals surface area contributed by atoms with Crippen LogP contribution in [-0.4, -0.2) is 26.9 Å². The van der Waals surface area contributed by atoms with E-state index in [1.165, 1.54) is 0 Å². The molecule has 0 radical (unpaired) electrons. The van der Waals surface area contributed by atoms with Crippen LogP contribution in [0.4, 0.5) is 0 Å². The SMILES string of the molecule is O=C1CC(c2nc3ccccc3n2Cc2ccc(Cl)cc2Cl)CN1Cc1ccccc1. The Morgan fingerprint density at radius 1 is 0.935 bits per heavy atom. The first kappa shape index (κ1) is 20.1. The summed E-state index contributed by atoms with van der Waals surface area (Å²) in [6.45, 7) is 1.86. The second-order valence-corrected chi connectivity index (χ2v) is 8.79. The third-order valence-corrected chi connectivity index (χ3v) is 6.41. The Bertz CT molecular complexity index is 1250. The number of aromatic nitrogens is 2. The maximum atomic E-state index is 12.8. The molecule has 0 aliphatic carbocycles. The summed E-state index contributed by atoms with van der Waals surface area (Å²) in [7, 11) is 0. The van der Waals surface area contributed by atoms with Gasteiger partial charge in [-0.05, 0) is 35.4 Å². The first-order valence-electron chi connectivity index (χ1n) is 10.3.